The van der Waals surface area contributed by atoms with Gasteiger partial charge in [0.2, 0.25) is 11.8 Å². The molecule has 9 nitrogen and oxygen atoms in total. The second-order valence-corrected chi connectivity index (χ2v) is 12.1. The van der Waals surface area contributed by atoms with E-state index in [0.717, 1.165) is 0 Å². The number of likely N-dealkylation sites (N-methyl/N-ethyl adjacent to an activating group) is 1. The molecule has 10 atom stereocenters. The molecule has 0 radical (unpaired) electrons. The van der Waals surface area contributed by atoms with Crippen LogP contribution in [0.2, 0.25) is 0 Å². The van der Waals surface area contributed by atoms with Crippen molar-refractivity contribution in [2.24, 2.45) is 23.2 Å². The summed E-state index contributed by atoms with van der Waals surface area (Å²) in [4.78, 5) is 29.3. The second kappa shape index (κ2) is 10.6. The molecule has 0 aromatic heterocycles. The number of rotatable bonds is 3. The van der Waals surface area contributed by atoms with E-state index in [9.17, 15) is 19.8 Å². The van der Waals surface area contributed by atoms with E-state index in [1.807, 2.05) is 32.8 Å². The summed E-state index contributed by atoms with van der Waals surface area (Å²) in [6, 6.07) is -0.105. The number of ether oxygens (including phenoxy) is 2. The summed E-state index contributed by atoms with van der Waals surface area (Å²) < 4.78 is 12.7. The minimum atomic E-state index is -1.29. The average molecular weight is 498 g/mol. The Bertz CT molecular complexity index is 780. The highest BCUT2D eigenvalue weighted by Crippen LogP contribution is 2.56. The summed E-state index contributed by atoms with van der Waals surface area (Å²) in [5.41, 5.74) is -1.78. The highest BCUT2D eigenvalue weighted by atomic mass is 16.7. The number of nitrogens with one attached hydrogen (secondary N) is 1. The van der Waals surface area contributed by atoms with E-state index in [0.29, 0.717) is 25.8 Å². The van der Waals surface area contributed by atoms with Gasteiger partial charge < -0.3 is 34.8 Å². The van der Waals surface area contributed by atoms with Crippen LogP contribution in [0.3, 0.4) is 0 Å². The third-order valence-electron chi connectivity index (χ3n) is 8.78. The third-order valence-corrected chi connectivity index (χ3v) is 8.78. The first-order chi connectivity index (χ1) is 16.2. The number of fused-ring (bicyclic) bond motifs is 2. The Morgan fingerprint density at radius 3 is 2.49 bits per heavy atom. The fraction of sp³-hybridized carbons (Fsp3) is 0.923. The van der Waals surface area contributed by atoms with Gasteiger partial charge in [0.1, 0.15) is 6.10 Å². The predicted octanol–water partition coefficient (Wildman–Crippen LogP) is 1.22. The molecule has 3 fully saturated rings. The van der Waals surface area contributed by atoms with Crippen molar-refractivity contribution in [2.75, 3.05) is 34.2 Å². The lowest BCUT2D eigenvalue weighted by molar-refractivity contribution is -0.284. The van der Waals surface area contributed by atoms with Crippen molar-refractivity contribution in [1.29, 1.82) is 0 Å². The van der Waals surface area contributed by atoms with Gasteiger partial charge in [-0.2, -0.15) is 0 Å². The van der Waals surface area contributed by atoms with Gasteiger partial charge in [0, 0.05) is 38.5 Å². The maximum absolute atomic E-state index is 13.0. The molecule has 1 aliphatic carbocycles. The van der Waals surface area contributed by atoms with Crippen LogP contribution in [0.25, 0.3) is 0 Å². The van der Waals surface area contributed by atoms with Gasteiger partial charge in [0.15, 0.2) is 6.29 Å². The van der Waals surface area contributed by atoms with Crippen LogP contribution in [-0.4, -0.2) is 102 Å². The van der Waals surface area contributed by atoms with Gasteiger partial charge in [-0.3, -0.25) is 9.59 Å². The van der Waals surface area contributed by atoms with E-state index in [-0.39, 0.29) is 48.8 Å². The van der Waals surface area contributed by atoms with Crippen molar-refractivity contribution in [3.05, 3.63) is 0 Å². The standard InChI is InChI=1S/C26H47N3O6/c1-15-12-25(5)14-26(33,18(4)23(32)27-10-9-20(30)29(8)13-15)17(3)22(25)35-24-21(31)19(28(6)7)11-16(2)34-24/h15-19,21-22,24,31,33H,9-14H2,1-8H3,(H,27,32)/t15-,16-,17-,18+,19+,21-,22-,24+,25?,26-/m1/s1. The normalized spacial score (nSPS) is 46.1. The van der Waals surface area contributed by atoms with E-state index in [4.69, 9.17) is 9.47 Å². The topological polar surface area (TPSA) is 112 Å². The lowest BCUT2D eigenvalue weighted by Gasteiger charge is -2.44. The highest BCUT2D eigenvalue weighted by molar-refractivity contribution is 5.81. The van der Waals surface area contributed by atoms with Gasteiger partial charge in [-0.25, -0.2) is 0 Å². The van der Waals surface area contributed by atoms with Gasteiger partial charge in [-0.15, -0.1) is 0 Å². The summed E-state index contributed by atoms with van der Waals surface area (Å²) in [6.07, 6.45) is -0.170. The molecule has 35 heavy (non-hydrogen) atoms. The molecule has 3 aliphatic rings. The van der Waals surface area contributed by atoms with Crippen molar-refractivity contribution < 1.29 is 29.3 Å². The molecule has 202 valence electrons. The predicted molar refractivity (Wildman–Crippen MR) is 132 cm³/mol. The van der Waals surface area contributed by atoms with Crippen molar-refractivity contribution >= 4 is 11.8 Å². The summed E-state index contributed by atoms with van der Waals surface area (Å²) in [5, 5.41) is 25.9. The summed E-state index contributed by atoms with van der Waals surface area (Å²) in [5.74, 6) is -1.17. The zero-order valence-electron chi connectivity index (χ0n) is 22.8. The first kappa shape index (κ1) is 28.3. The van der Waals surface area contributed by atoms with Crippen molar-refractivity contribution in [3.8, 4) is 0 Å². The molecular formula is C26H47N3O6. The van der Waals surface area contributed by atoms with Crippen LogP contribution in [0.1, 0.15) is 60.3 Å². The molecule has 2 saturated heterocycles. The van der Waals surface area contributed by atoms with Crippen molar-refractivity contribution in [1.82, 2.24) is 15.1 Å². The fourth-order valence-electron chi connectivity index (χ4n) is 6.88. The van der Waals surface area contributed by atoms with Crippen molar-refractivity contribution in [3.63, 3.8) is 0 Å². The number of amides is 2. The monoisotopic (exact) mass is 497 g/mol. The molecular weight excluding hydrogens is 450 g/mol. The number of carbonyl (C=O) groups excluding carboxylic acids is 2. The van der Waals surface area contributed by atoms with Crippen LogP contribution in [-0.2, 0) is 19.1 Å². The summed E-state index contributed by atoms with van der Waals surface area (Å²) in [6.45, 7) is 10.7. The number of aliphatic hydroxyl groups excluding tert-OH is 1. The second-order valence-electron chi connectivity index (χ2n) is 12.1. The van der Waals surface area contributed by atoms with Gasteiger partial charge in [-0.1, -0.05) is 27.7 Å². The minimum Gasteiger partial charge on any atom is -0.389 e. The van der Waals surface area contributed by atoms with Crippen molar-refractivity contribution in [2.45, 2.75) is 96.5 Å². The summed E-state index contributed by atoms with van der Waals surface area (Å²) >= 11 is 0. The minimum absolute atomic E-state index is 0.0123. The van der Waals surface area contributed by atoms with Crippen LogP contribution < -0.4 is 5.32 Å². The van der Waals surface area contributed by atoms with Gasteiger partial charge >= 0.3 is 0 Å². The molecule has 0 aromatic rings. The Morgan fingerprint density at radius 1 is 1.20 bits per heavy atom. The maximum Gasteiger partial charge on any atom is 0.225 e. The first-order valence-electron chi connectivity index (χ1n) is 13.1. The van der Waals surface area contributed by atoms with E-state index in [2.05, 4.69) is 19.2 Å². The molecule has 0 aromatic carbocycles. The Balaban J connectivity index is 1.95. The number of hydrogen-bond donors (Lipinski definition) is 3. The first-order valence-corrected chi connectivity index (χ1v) is 13.1. The van der Waals surface area contributed by atoms with Crippen LogP contribution in [0.15, 0.2) is 0 Å². The molecule has 0 spiro atoms. The number of nitrogens with zero attached hydrogens (tertiary/aromatic N) is 2. The molecule has 1 saturated carbocycles. The Morgan fingerprint density at radius 2 is 1.86 bits per heavy atom. The highest BCUT2D eigenvalue weighted by Gasteiger charge is 2.61. The molecule has 3 N–H and O–H groups in total. The van der Waals surface area contributed by atoms with Crippen LogP contribution in [0.4, 0.5) is 0 Å². The Labute approximate surface area is 210 Å². The zero-order chi connectivity index (χ0) is 26.3. The van der Waals surface area contributed by atoms with Crippen LogP contribution in [0.5, 0.6) is 0 Å². The van der Waals surface area contributed by atoms with Crippen LogP contribution in [0, 0.1) is 23.2 Å². The molecule has 2 amide bonds. The van der Waals surface area contributed by atoms with Crippen LogP contribution >= 0.6 is 0 Å². The lowest BCUT2D eigenvalue weighted by atomic mass is 9.75. The Kier molecular flexibility index (Phi) is 8.59. The molecule has 2 bridgehead atoms. The van der Waals surface area contributed by atoms with E-state index >= 15 is 0 Å². The summed E-state index contributed by atoms with van der Waals surface area (Å²) in [7, 11) is 5.67. The number of aliphatic hydroxyl groups is 2. The molecule has 9 heteroatoms. The average Bonchev–Trinajstić information content (AvgIpc) is 2.94. The molecule has 2 heterocycles. The molecule has 1 unspecified atom stereocenters. The van der Waals surface area contributed by atoms with E-state index < -0.39 is 35.4 Å². The van der Waals surface area contributed by atoms with E-state index in [1.165, 1.54) is 0 Å². The SMILES string of the molecule is C[C@H]1CN(C)C(=O)CCNC(=O)[C@H](C)[C@@]2(O)CC(C)(C1)[C@H](O[C@@H]1O[C@H](C)C[C@H](N(C)C)[C@H]1O)[C@H]2C. The Hall–Kier alpha value is -1.26. The zero-order valence-corrected chi connectivity index (χ0v) is 22.8. The number of carbonyl (C=O) groups is 2. The lowest BCUT2D eigenvalue weighted by Crippen LogP contribution is -2.56. The smallest absolute Gasteiger partial charge is 0.225 e. The maximum atomic E-state index is 13.0. The quantitative estimate of drug-likeness (QED) is 0.538. The largest absolute Gasteiger partial charge is 0.389 e. The number of hydrogen-bond acceptors (Lipinski definition) is 7. The van der Waals surface area contributed by atoms with Gasteiger partial charge in [-0.05, 0) is 51.6 Å². The fourth-order valence-corrected chi connectivity index (χ4v) is 6.88. The van der Waals surface area contributed by atoms with Gasteiger partial charge in [0.25, 0.3) is 0 Å². The molecule has 2 aliphatic heterocycles. The third kappa shape index (κ3) is 5.69. The van der Waals surface area contributed by atoms with Gasteiger partial charge in [0.05, 0.1) is 23.7 Å². The van der Waals surface area contributed by atoms with E-state index in [1.54, 1.807) is 18.9 Å². The molecule has 3 rings (SSSR count).